The molecule has 1 N–H and O–H groups in total. The molecule has 0 atom stereocenters. The average Bonchev–Trinajstić information content (AvgIpc) is 3.83. The van der Waals surface area contributed by atoms with Crippen molar-refractivity contribution < 1.29 is 14.3 Å². The van der Waals surface area contributed by atoms with Crippen LogP contribution in [0, 0.1) is 0 Å². The van der Waals surface area contributed by atoms with Crippen molar-refractivity contribution in [1.29, 1.82) is 0 Å². The van der Waals surface area contributed by atoms with Crippen molar-refractivity contribution in [1.82, 2.24) is 25.1 Å². The number of carbonyl (C=O) groups is 1. The van der Waals surface area contributed by atoms with Crippen molar-refractivity contribution in [3.63, 3.8) is 0 Å². The number of benzene rings is 1. The fourth-order valence-electron chi connectivity index (χ4n) is 5.95. The number of hydrogen-bond donors (Lipinski definition) is 1. The topological polar surface area (TPSA) is 93.9 Å². The van der Waals surface area contributed by atoms with Gasteiger partial charge in [-0.3, -0.25) is 4.79 Å². The van der Waals surface area contributed by atoms with Gasteiger partial charge in [0.25, 0.3) is 5.91 Å². The molecule has 0 aliphatic rings. The van der Waals surface area contributed by atoms with Crippen LogP contribution in [0.5, 0.6) is 11.5 Å². The van der Waals surface area contributed by atoms with Gasteiger partial charge in [-0.15, -0.1) is 21.5 Å². The van der Waals surface area contributed by atoms with E-state index in [2.05, 4.69) is 53.3 Å². The maximum Gasteiger partial charge on any atom is 0.272 e. The molecule has 0 saturated carbocycles. The minimum Gasteiger partial charge on any atom is -0.497 e. The van der Waals surface area contributed by atoms with Gasteiger partial charge in [0.05, 0.1) is 30.0 Å². The van der Waals surface area contributed by atoms with Crippen LogP contribution < -0.4 is 24.9 Å². The lowest BCUT2D eigenvalue weighted by atomic mass is 10.1. The Balaban J connectivity index is 1.66. The average molecular weight is 677 g/mol. The molecular formula is C38H56N6O3S. The first kappa shape index (κ1) is 37.2. The zero-order chi connectivity index (χ0) is 34.1. The molecule has 0 radical (unpaired) electrons. The summed E-state index contributed by atoms with van der Waals surface area (Å²) in [6, 6.07) is 9.90. The third kappa shape index (κ3) is 10.2. The van der Waals surface area contributed by atoms with Gasteiger partial charge in [0.2, 0.25) is 0 Å². The highest BCUT2D eigenvalue weighted by molar-refractivity contribution is 7.16. The third-order valence-electron chi connectivity index (χ3n) is 8.79. The Labute approximate surface area is 291 Å². The van der Waals surface area contributed by atoms with Gasteiger partial charge in [0.15, 0.2) is 17.2 Å². The van der Waals surface area contributed by atoms with E-state index in [0.717, 1.165) is 30.8 Å². The van der Waals surface area contributed by atoms with Crippen molar-refractivity contribution in [2.75, 3.05) is 38.8 Å². The number of fused-ring (bicyclic) bond motifs is 1. The Bertz CT molecular complexity index is 1580. The molecule has 0 fully saturated rings. The number of unbranched alkanes of at least 4 members (excludes halogenated alkanes) is 11. The summed E-state index contributed by atoms with van der Waals surface area (Å²) in [6.45, 7) is 9.38. The van der Waals surface area contributed by atoms with E-state index < -0.39 is 0 Å². The summed E-state index contributed by atoms with van der Waals surface area (Å²) >= 11 is 1.76. The number of rotatable bonds is 23. The Morgan fingerprint density at radius 1 is 0.833 bits per heavy atom. The van der Waals surface area contributed by atoms with Gasteiger partial charge in [-0.05, 0) is 55.7 Å². The molecule has 4 rings (SSSR count). The van der Waals surface area contributed by atoms with Crippen molar-refractivity contribution in [2.45, 2.75) is 111 Å². The van der Waals surface area contributed by atoms with Crippen molar-refractivity contribution >= 4 is 34.0 Å². The van der Waals surface area contributed by atoms with Gasteiger partial charge in [0.1, 0.15) is 11.5 Å². The summed E-state index contributed by atoms with van der Waals surface area (Å²) in [5.41, 5.74) is 1.55. The lowest BCUT2D eigenvalue weighted by Gasteiger charge is -2.23. The molecule has 3 aromatic heterocycles. The van der Waals surface area contributed by atoms with Gasteiger partial charge in [-0.2, -0.15) is 9.61 Å². The Morgan fingerprint density at radius 2 is 1.50 bits per heavy atom. The van der Waals surface area contributed by atoms with E-state index in [4.69, 9.17) is 14.6 Å². The van der Waals surface area contributed by atoms with Crippen molar-refractivity contribution in [3.8, 4) is 22.9 Å². The van der Waals surface area contributed by atoms with E-state index in [1.165, 1.54) is 82.1 Å². The minimum atomic E-state index is -0.215. The Morgan fingerprint density at radius 3 is 2.15 bits per heavy atom. The first-order valence-corrected chi connectivity index (χ1v) is 19.0. The molecule has 4 aromatic rings. The largest absolute Gasteiger partial charge is 0.497 e. The molecule has 0 aliphatic heterocycles. The highest BCUT2D eigenvalue weighted by Gasteiger charge is 2.22. The van der Waals surface area contributed by atoms with E-state index >= 15 is 0 Å². The van der Waals surface area contributed by atoms with Crippen LogP contribution in [0.2, 0.25) is 0 Å². The van der Waals surface area contributed by atoms with Gasteiger partial charge in [-0.25, -0.2) is 0 Å². The highest BCUT2D eigenvalue weighted by Crippen LogP contribution is 2.32. The first-order valence-electron chi connectivity index (χ1n) is 18.2. The van der Waals surface area contributed by atoms with Crippen LogP contribution in [-0.2, 0) is 0 Å². The number of anilines is 1. The molecule has 9 nitrogen and oxygen atoms in total. The van der Waals surface area contributed by atoms with Gasteiger partial charge in [-0.1, -0.05) is 91.4 Å². The zero-order valence-electron chi connectivity index (χ0n) is 29.9. The second kappa shape index (κ2) is 20.0. The quantitative estimate of drug-likeness (QED) is 0.0788. The number of amides is 1. The Hall–Kier alpha value is -3.66. The molecule has 1 aromatic carbocycles. The lowest BCUT2D eigenvalue weighted by Crippen LogP contribution is -2.29. The van der Waals surface area contributed by atoms with Crippen LogP contribution in [0.1, 0.15) is 126 Å². The highest BCUT2D eigenvalue weighted by atomic mass is 32.1. The second-order valence-electron chi connectivity index (χ2n) is 12.5. The lowest BCUT2D eigenvalue weighted by molar-refractivity contribution is 0.0947. The number of nitrogens with zero attached hydrogens (tertiary/aromatic N) is 5. The predicted molar refractivity (Wildman–Crippen MR) is 199 cm³/mol. The standard InChI is InChI=1S/C38H56N6O3S/c1-6-9-12-14-16-18-25-43(26-19-17-15-13-10-7-2)34-23-21-30(48-34)28-32-35(38(45)39-24-11-8-3)42-44-36(40-41-37(32)44)31-27-29(46-4)20-22-33(31)47-5/h20-23,27-28H,6-19,24-26H2,1-5H3,(H,39,45)/b32-28-. The number of ether oxygens (including phenoxy) is 2. The maximum atomic E-state index is 13.5. The summed E-state index contributed by atoms with van der Waals surface area (Å²) in [6.07, 6.45) is 19.4. The molecule has 3 heterocycles. The molecular weight excluding hydrogens is 621 g/mol. The van der Waals surface area contributed by atoms with Crippen LogP contribution in [-0.4, -0.2) is 59.6 Å². The number of aromatic nitrogens is 4. The SMILES string of the molecule is CCCCCCCCN(CCCCCCCC)c1ccc(/C=c2/c(C(=O)NCCCC)nn3c(-c4cc(OC)ccc4OC)nnc23)s1. The predicted octanol–water partition coefficient (Wildman–Crippen LogP) is 8.48. The second-order valence-corrected chi connectivity index (χ2v) is 13.6. The molecule has 48 heavy (non-hydrogen) atoms. The third-order valence-corrected chi connectivity index (χ3v) is 9.88. The van der Waals surface area contributed by atoms with Gasteiger partial charge in [0, 0.05) is 24.5 Å². The van der Waals surface area contributed by atoms with Crippen molar-refractivity contribution in [3.05, 3.63) is 46.1 Å². The summed E-state index contributed by atoms with van der Waals surface area (Å²) in [4.78, 5) is 17.1. The molecule has 0 unspecified atom stereocenters. The van der Waals surface area contributed by atoms with Crippen LogP contribution in [0.3, 0.4) is 0 Å². The molecule has 0 spiro atoms. The first-order chi connectivity index (χ1) is 23.5. The van der Waals surface area contributed by atoms with Crippen LogP contribution >= 0.6 is 11.3 Å². The Kier molecular flexibility index (Phi) is 15.5. The number of methoxy groups -OCH3 is 2. The minimum absolute atomic E-state index is 0.215. The fourth-order valence-corrected chi connectivity index (χ4v) is 6.95. The normalized spacial score (nSPS) is 11.8. The molecule has 0 bridgehead atoms. The van der Waals surface area contributed by atoms with E-state index in [-0.39, 0.29) is 5.91 Å². The summed E-state index contributed by atoms with van der Waals surface area (Å²) in [7, 11) is 3.24. The zero-order valence-corrected chi connectivity index (χ0v) is 30.7. The van der Waals surface area contributed by atoms with E-state index in [0.29, 0.717) is 46.0 Å². The van der Waals surface area contributed by atoms with E-state index in [1.54, 1.807) is 30.1 Å². The summed E-state index contributed by atoms with van der Waals surface area (Å²) in [5, 5.41) is 18.8. The molecule has 262 valence electrons. The molecule has 0 saturated heterocycles. The summed E-state index contributed by atoms with van der Waals surface area (Å²) in [5.74, 6) is 1.55. The number of hydrogen-bond acceptors (Lipinski definition) is 8. The molecule has 0 aliphatic carbocycles. The van der Waals surface area contributed by atoms with Crippen LogP contribution in [0.15, 0.2) is 30.3 Å². The monoisotopic (exact) mass is 676 g/mol. The van der Waals surface area contributed by atoms with Crippen LogP contribution in [0.4, 0.5) is 5.00 Å². The number of carbonyl (C=O) groups excluding carboxylic acids is 1. The number of nitrogens with one attached hydrogen (secondary N) is 1. The molecule has 10 heteroatoms. The fraction of sp³-hybridized carbons (Fsp3) is 0.579. The van der Waals surface area contributed by atoms with E-state index in [9.17, 15) is 4.79 Å². The summed E-state index contributed by atoms with van der Waals surface area (Å²) < 4.78 is 12.8. The maximum absolute atomic E-state index is 13.5. The molecule has 1 amide bonds. The number of thiophene rings is 1. The van der Waals surface area contributed by atoms with Crippen LogP contribution in [0.25, 0.3) is 23.1 Å². The van der Waals surface area contributed by atoms with Gasteiger partial charge < -0.3 is 19.7 Å². The smallest absolute Gasteiger partial charge is 0.272 e. The van der Waals surface area contributed by atoms with Crippen molar-refractivity contribution in [2.24, 2.45) is 0 Å². The van der Waals surface area contributed by atoms with Gasteiger partial charge >= 0.3 is 0 Å². The van der Waals surface area contributed by atoms with E-state index in [1.807, 2.05) is 24.3 Å².